The first-order chi connectivity index (χ1) is 9.67. The largest absolute Gasteiger partial charge is 0.497 e. The van der Waals surface area contributed by atoms with Crippen LogP contribution < -0.4 is 4.74 Å². The SMILES string of the molecule is COc1cccc(-c2cnc3nc(C(=O)O)cn3c2)c1. The van der Waals surface area contributed by atoms with Crippen molar-refractivity contribution in [3.63, 3.8) is 0 Å². The average molecular weight is 269 g/mol. The van der Waals surface area contributed by atoms with E-state index in [1.807, 2.05) is 24.3 Å². The van der Waals surface area contributed by atoms with Gasteiger partial charge in [0.15, 0.2) is 5.69 Å². The van der Waals surface area contributed by atoms with Crippen LogP contribution in [0.5, 0.6) is 5.75 Å². The summed E-state index contributed by atoms with van der Waals surface area (Å²) in [5, 5.41) is 8.92. The van der Waals surface area contributed by atoms with Gasteiger partial charge >= 0.3 is 5.97 Å². The Morgan fingerprint density at radius 2 is 2.15 bits per heavy atom. The smallest absolute Gasteiger partial charge is 0.356 e. The number of rotatable bonds is 3. The Morgan fingerprint density at radius 1 is 1.30 bits per heavy atom. The maximum atomic E-state index is 10.9. The first-order valence-electron chi connectivity index (χ1n) is 5.90. The number of benzene rings is 1. The van der Waals surface area contributed by atoms with E-state index in [4.69, 9.17) is 9.84 Å². The number of aromatic nitrogens is 3. The summed E-state index contributed by atoms with van der Waals surface area (Å²) in [6.45, 7) is 0. The monoisotopic (exact) mass is 269 g/mol. The van der Waals surface area contributed by atoms with E-state index in [0.29, 0.717) is 5.78 Å². The molecule has 1 N–H and O–H groups in total. The lowest BCUT2D eigenvalue weighted by atomic mass is 10.1. The number of carbonyl (C=O) groups is 1. The van der Waals surface area contributed by atoms with Crippen molar-refractivity contribution in [3.8, 4) is 16.9 Å². The molecule has 0 spiro atoms. The standard InChI is InChI=1S/C14H11N3O3/c1-20-11-4-2-3-9(5-11)10-6-15-14-16-12(13(18)19)8-17(14)7-10/h2-8H,1H3,(H,18,19). The molecule has 3 aromatic rings. The zero-order chi connectivity index (χ0) is 14.1. The van der Waals surface area contributed by atoms with E-state index in [0.717, 1.165) is 16.9 Å². The molecule has 20 heavy (non-hydrogen) atoms. The summed E-state index contributed by atoms with van der Waals surface area (Å²) < 4.78 is 6.78. The summed E-state index contributed by atoms with van der Waals surface area (Å²) in [6.07, 6.45) is 4.88. The van der Waals surface area contributed by atoms with Crippen LogP contribution in [0.15, 0.2) is 42.9 Å². The van der Waals surface area contributed by atoms with Gasteiger partial charge in [0.25, 0.3) is 0 Å². The molecule has 0 saturated heterocycles. The number of aromatic carboxylic acids is 1. The van der Waals surface area contributed by atoms with E-state index < -0.39 is 5.97 Å². The molecule has 3 rings (SSSR count). The Kier molecular flexibility index (Phi) is 2.83. The van der Waals surface area contributed by atoms with Crippen LogP contribution in [-0.2, 0) is 0 Å². The van der Waals surface area contributed by atoms with E-state index in [1.165, 1.54) is 6.20 Å². The molecule has 0 aliphatic heterocycles. The highest BCUT2D eigenvalue weighted by Crippen LogP contribution is 2.23. The van der Waals surface area contributed by atoms with Gasteiger partial charge in [-0.05, 0) is 17.7 Å². The molecule has 2 heterocycles. The number of imidazole rings is 1. The maximum absolute atomic E-state index is 10.9. The van der Waals surface area contributed by atoms with Crippen LogP contribution in [0, 0.1) is 0 Å². The summed E-state index contributed by atoms with van der Waals surface area (Å²) in [7, 11) is 1.61. The van der Waals surface area contributed by atoms with Crippen LogP contribution in [0.3, 0.4) is 0 Å². The minimum absolute atomic E-state index is 0.0275. The predicted octanol–water partition coefficient (Wildman–Crippen LogP) is 2.10. The first kappa shape index (κ1) is 12.2. The third kappa shape index (κ3) is 2.07. The lowest BCUT2D eigenvalue weighted by Crippen LogP contribution is -1.94. The van der Waals surface area contributed by atoms with Crippen molar-refractivity contribution >= 4 is 11.7 Å². The van der Waals surface area contributed by atoms with Gasteiger partial charge in [0.2, 0.25) is 5.78 Å². The molecule has 6 heteroatoms. The third-order valence-electron chi connectivity index (χ3n) is 2.93. The van der Waals surface area contributed by atoms with Crippen molar-refractivity contribution in [3.05, 3.63) is 48.5 Å². The van der Waals surface area contributed by atoms with Gasteiger partial charge < -0.3 is 9.84 Å². The van der Waals surface area contributed by atoms with Gasteiger partial charge in [-0.15, -0.1) is 0 Å². The molecule has 6 nitrogen and oxygen atoms in total. The van der Waals surface area contributed by atoms with Gasteiger partial charge in [-0.25, -0.2) is 14.8 Å². The van der Waals surface area contributed by atoms with Gasteiger partial charge in [0.05, 0.1) is 7.11 Å². The predicted molar refractivity (Wildman–Crippen MR) is 71.9 cm³/mol. The molecule has 0 radical (unpaired) electrons. The number of hydrogen-bond acceptors (Lipinski definition) is 4. The molecule has 0 unspecified atom stereocenters. The van der Waals surface area contributed by atoms with Gasteiger partial charge in [-0.3, -0.25) is 4.40 Å². The Bertz CT molecular complexity index is 795. The highest BCUT2D eigenvalue weighted by molar-refractivity contribution is 5.85. The normalized spacial score (nSPS) is 10.7. The molecule has 0 aliphatic rings. The second-order valence-electron chi connectivity index (χ2n) is 4.21. The van der Waals surface area contributed by atoms with Gasteiger partial charge in [-0.2, -0.15) is 0 Å². The molecule has 0 amide bonds. The van der Waals surface area contributed by atoms with Crippen molar-refractivity contribution < 1.29 is 14.6 Å². The quantitative estimate of drug-likeness (QED) is 0.788. The maximum Gasteiger partial charge on any atom is 0.356 e. The molecule has 1 aromatic carbocycles. The van der Waals surface area contributed by atoms with Gasteiger partial charge in [0, 0.05) is 24.2 Å². The zero-order valence-corrected chi connectivity index (χ0v) is 10.6. The van der Waals surface area contributed by atoms with E-state index in [1.54, 1.807) is 23.9 Å². The van der Waals surface area contributed by atoms with Crippen molar-refractivity contribution in [1.29, 1.82) is 0 Å². The van der Waals surface area contributed by atoms with Gasteiger partial charge in [0.1, 0.15) is 5.75 Å². The van der Waals surface area contributed by atoms with Crippen molar-refractivity contribution in [2.24, 2.45) is 0 Å². The molecule has 0 atom stereocenters. The second-order valence-corrected chi connectivity index (χ2v) is 4.21. The highest BCUT2D eigenvalue weighted by atomic mass is 16.5. The Labute approximate surface area is 114 Å². The summed E-state index contributed by atoms with van der Waals surface area (Å²) in [5.74, 6) is 0.0342. The molecule has 0 fully saturated rings. The second kappa shape index (κ2) is 4.65. The number of methoxy groups -OCH3 is 1. The van der Waals surface area contributed by atoms with Crippen LogP contribution in [0.25, 0.3) is 16.9 Å². The Morgan fingerprint density at radius 3 is 2.90 bits per heavy atom. The fourth-order valence-electron chi connectivity index (χ4n) is 1.94. The van der Waals surface area contributed by atoms with Gasteiger partial charge in [-0.1, -0.05) is 12.1 Å². The summed E-state index contributed by atoms with van der Waals surface area (Å²) >= 11 is 0. The minimum atomic E-state index is -1.07. The summed E-state index contributed by atoms with van der Waals surface area (Å²) in [5.41, 5.74) is 1.76. The van der Waals surface area contributed by atoms with E-state index in [2.05, 4.69) is 9.97 Å². The van der Waals surface area contributed by atoms with Crippen LogP contribution in [-0.4, -0.2) is 32.6 Å². The van der Waals surface area contributed by atoms with Crippen LogP contribution in [0.4, 0.5) is 0 Å². The topological polar surface area (TPSA) is 76.7 Å². The number of carboxylic acid groups (broad SMARTS) is 1. The van der Waals surface area contributed by atoms with Crippen LogP contribution in [0.1, 0.15) is 10.5 Å². The van der Waals surface area contributed by atoms with Crippen molar-refractivity contribution in [1.82, 2.24) is 14.4 Å². The van der Waals surface area contributed by atoms with Crippen molar-refractivity contribution in [2.45, 2.75) is 0 Å². The van der Waals surface area contributed by atoms with Crippen LogP contribution in [0.2, 0.25) is 0 Å². The van der Waals surface area contributed by atoms with Crippen molar-refractivity contribution in [2.75, 3.05) is 7.11 Å². The minimum Gasteiger partial charge on any atom is -0.497 e. The first-order valence-corrected chi connectivity index (χ1v) is 5.90. The van der Waals surface area contributed by atoms with Crippen LogP contribution >= 0.6 is 0 Å². The number of carboxylic acids is 1. The van der Waals surface area contributed by atoms with E-state index in [-0.39, 0.29) is 5.69 Å². The Balaban J connectivity index is 2.09. The molecule has 0 aliphatic carbocycles. The fraction of sp³-hybridized carbons (Fsp3) is 0.0714. The summed E-state index contributed by atoms with van der Waals surface area (Å²) in [4.78, 5) is 19.0. The lowest BCUT2D eigenvalue weighted by Gasteiger charge is -2.04. The van der Waals surface area contributed by atoms with E-state index >= 15 is 0 Å². The zero-order valence-electron chi connectivity index (χ0n) is 10.6. The number of fused-ring (bicyclic) bond motifs is 1. The summed E-state index contributed by atoms with van der Waals surface area (Å²) in [6, 6.07) is 7.56. The number of nitrogens with zero attached hydrogens (tertiary/aromatic N) is 3. The molecular weight excluding hydrogens is 258 g/mol. The average Bonchev–Trinajstić information content (AvgIpc) is 2.90. The lowest BCUT2D eigenvalue weighted by molar-refractivity contribution is 0.0691. The molecule has 2 aromatic heterocycles. The Hall–Kier alpha value is -2.89. The molecule has 0 bridgehead atoms. The third-order valence-corrected chi connectivity index (χ3v) is 2.93. The molecule has 0 saturated carbocycles. The molecular formula is C14H11N3O3. The molecule has 100 valence electrons. The van der Waals surface area contributed by atoms with E-state index in [9.17, 15) is 4.79 Å². The fourth-order valence-corrected chi connectivity index (χ4v) is 1.94. The number of hydrogen-bond donors (Lipinski definition) is 1. The number of ether oxygens (including phenoxy) is 1. The highest BCUT2D eigenvalue weighted by Gasteiger charge is 2.10.